The Morgan fingerprint density at radius 2 is 1.38 bits per heavy atom. The van der Waals surface area contributed by atoms with E-state index in [1.165, 1.54) is 50.2 Å². The summed E-state index contributed by atoms with van der Waals surface area (Å²) >= 11 is 0. The third-order valence-corrected chi connectivity index (χ3v) is 11.5. The summed E-state index contributed by atoms with van der Waals surface area (Å²) in [4.78, 5) is 4.69. The maximum atomic E-state index is 4.16. The van der Waals surface area contributed by atoms with Crippen LogP contribution in [0, 0.1) is 0 Å². The quantitative estimate of drug-likeness (QED) is 0.0991. The zero-order chi connectivity index (χ0) is 39.5. The highest BCUT2D eigenvalue weighted by atomic mass is 15.1. The molecule has 2 bridgehead atoms. The van der Waals surface area contributed by atoms with Crippen LogP contribution in [0.2, 0.25) is 0 Å². The van der Waals surface area contributed by atoms with Crippen molar-refractivity contribution in [1.82, 2.24) is 0 Å². The van der Waals surface area contributed by atoms with E-state index >= 15 is 0 Å². The van der Waals surface area contributed by atoms with E-state index in [9.17, 15) is 0 Å². The largest absolute Gasteiger partial charge is 0.341 e. The Bertz CT molecular complexity index is 2420. The molecular formula is C56H52N2. The van der Waals surface area contributed by atoms with Crippen LogP contribution in [0.25, 0.3) is 17.2 Å². The molecule has 4 aromatic rings. The molecule has 2 atom stereocenters. The summed E-state index contributed by atoms with van der Waals surface area (Å²) in [5.41, 5.74) is 15.3. The van der Waals surface area contributed by atoms with Crippen molar-refractivity contribution in [3.63, 3.8) is 0 Å². The first-order valence-corrected chi connectivity index (χ1v) is 20.7. The number of anilines is 4. The lowest BCUT2D eigenvalue weighted by atomic mass is 9.82. The fourth-order valence-corrected chi connectivity index (χ4v) is 8.37. The van der Waals surface area contributed by atoms with Crippen LogP contribution in [0.4, 0.5) is 22.7 Å². The molecule has 4 aromatic carbocycles. The van der Waals surface area contributed by atoms with Crippen molar-refractivity contribution < 1.29 is 0 Å². The second kappa shape index (κ2) is 18.5. The normalized spacial score (nSPS) is 18.6. The molecule has 2 nitrogen and oxygen atoms in total. The maximum absolute atomic E-state index is 4.16. The van der Waals surface area contributed by atoms with Gasteiger partial charge in [0.25, 0.3) is 0 Å². The van der Waals surface area contributed by atoms with Crippen molar-refractivity contribution in [2.75, 3.05) is 9.80 Å². The van der Waals surface area contributed by atoms with E-state index in [4.69, 9.17) is 0 Å². The van der Waals surface area contributed by atoms with Crippen molar-refractivity contribution >= 4 is 28.8 Å². The number of hydrogen-bond donors (Lipinski definition) is 0. The van der Waals surface area contributed by atoms with Crippen molar-refractivity contribution in [1.29, 1.82) is 0 Å². The summed E-state index contributed by atoms with van der Waals surface area (Å²) in [7, 11) is 0. The number of hydrogen-bond acceptors (Lipinski definition) is 2. The summed E-state index contributed by atoms with van der Waals surface area (Å²) in [6.07, 6.45) is 47.4. The van der Waals surface area contributed by atoms with E-state index in [2.05, 4.69) is 217 Å². The summed E-state index contributed by atoms with van der Waals surface area (Å²) in [6, 6.07) is 33.6. The molecule has 2 unspecified atom stereocenters. The predicted octanol–water partition coefficient (Wildman–Crippen LogP) is 15.1. The van der Waals surface area contributed by atoms with Crippen LogP contribution < -0.4 is 9.80 Å². The van der Waals surface area contributed by atoms with E-state index in [1.807, 2.05) is 12.2 Å². The van der Waals surface area contributed by atoms with E-state index in [0.29, 0.717) is 5.92 Å². The molecule has 0 spiro atoms. The highest BCUT2D eigenvalue weighted by Gasteiger charge is 2.23. The van der Waals surface area contributed by atoms with Crippen molar-refractivity contribution in [2.45, 2.75) is 50.5 Å². The first-order valence-electron chi connectivity index (χ1n) is 20.7. The molecule has 0 aromatic heterocycles. The fourth-order valence-electron chi connectivity index (χ4n) is 8.37. The molecule has 4 aliphatic carbocycles. The minimum absolute atomic E-state index is 0.0858. The highest BCUT2D eigenvalue weighted by Crippen LogP contribution is 2.43. The highest BCUT2D eigenvalue weighted by molar-refractivity contribution is 5.82. The van der Waals surface area contributed by atoms with Gasteiger partial charge in [0.1, 0.15) is 0 Å². The number of benzene rings is 4. The van der Waals surface area contributed by atoms with Crippen LogP contribution in [0.5, 0.6) is 0 Å². The molecule has 0 heterocycles. The van der Waals surface area contributed by atoms with Crippen LogP contribution in [0.15, 0.2) is 230 Å². The number of fused-ring (bicyclic) bond motifs is 2. The SMILES string of the molecule is C=CCC(C=C)N(/C=C/C=C/C=C\C1=CC=C2CC=CC=C2C1)c1ccc(-c2ccc(N(c3ccccc3)c3cc4c5cc3C/C=C\C=C\CC5CC=C4)cc2)cc1. The summed E-state index contributed by atoms with van der Waals surface area (Å²) < 4.78 is 0. The van der Waals surface area contributed by atoms with Crippen LogP contribution >= 0.6 is 0 Å². The van der Waals surface area contributed by atoms with Crippen molar-refractivity contribution in [3.05, 3.63) is 247 Å². The number of para-hydroxylation sites is 1. The van der Waals surface area contributed by atoms with Gasteiger partial charge in [-0.1, -0.05) is 152 Å². The average molecular weight is 753 g/mol. The molecule has 8 rings (SSSR count). The zero-order valence-electron chi connectivity index (χ0n) is 33.3. The zero-order valence-corrected chi connectivity index (χ0v) is 33.3. The molecule has 58 heavy (non-hydrogen) atoms. The summed E-state index contributed by atoms with van der Waals surface area (Å²) in [5.74, 6) is 0.521. The van der Waals surface area contributed by atoms with Gasteiger partial charge in [-0.25, -0.2) is 0 Å². The smallest absolute Gasteiger partial charge is 0.0548 e. The van der Waals surface area contributed by atoms with Gasteiger partial charge in [0, 0.05) is 23.3 Å². The van der Waals surface area contributed by atoms with Crippen LogP contribution in [-0.4, -0.2) is 6.04 Å². The topological polar surface area (TPSA) is 6.48 Å². The van der Waals surface area contributed by atoms with Crippen molar-refractivity contribution in [3.8, 4) is 11.1 Å². The van der Waals surface area contributed by atoms with Gasteiger partial charge < -0.3 is 9.80 Å². The Morgan fingerprint density at radius 3 is 2.17 bits per heavy atom. The summed E-state index contributed by atoms with van der Waals surface area (Å²) in [6.45, 7) is 8.18. The van der Waals surface area contributed by atoms with Gasteiger partial charge in [0.2, 0.25) is 0 Å². The third-order valence-electron chi connectivity index (χ3n) is 11.5. The molecule has 0 fully saturated rings. The molecule has 286 valence electrons. The molecule has 0 amide bonds. The van der Waals surface area contributed by atoms with Gasteiger partial charge in [-0.05, 0) is 138 Å². The van der Waals surface area contributed by atoms with Gasteiger partial charge in [-0.2, -0.15) is 0 Å². The van der Waals surface area contributed by atoms with Crippen molar-refractivity contribution in [2.24, 2.45) is 0 Å². The molecule has 0 radical (unpaired) electrons. The summed E-state index contributed by atoms with van der Waals surface area (Å²) in [5, 5.41) is 0. The van der Waals surface area contributed by atoms with E-state index in [-0.39, 0.29) is 6.04 Å². The lowest BCUT2D eigenvalue weighted by Crippen LogP contribution is -2.28. The average Bonchev–Trinajstić information content (AvgIpc) is 3.28. The Kier molecular flexibility index (Phi) is 12.2. The number of rotatable bonds is 13. The van der Waals surface area contributed by atoms with Gasteiger partial charge in [-0.3, -0.25) is 0 Å². The molecule has 0 N–H and O–H groups in total. The molecule has 2 heteroatoms. The first kappa shape index (κ1) is 38.2. The number of allylic oxidation sites excluding steroid dienone is 18. The van der Waals surface area contributed by atoms with Gasteiger partial charge in [0.15, 0.2) is 0 Å². The Hall–Kier alpha value is -6.64. The third kappa shape index (κ3) is 8.83. The van der Waals surface area contributed by atoms with Gasteiger partial charge in [-0.15, -0.1) is 13.2 Å². The molecule has 4 aliphatic rings. The van der Waals surface area contributed by atoms with E-state index in [0.717, 1.165) is 55.6 Å². The second-order valence-corrected chi connectivity index (χ2v) is 15.3. The lowest BCUT2D eigenvalue weighted by Gasteiger charge is -2.31. The van der Waals surface area contributed by atoms with Gasteiger partial charge >= 0.3 is 0 Å². The predicted molar refractivity (Wildman–Crippen MR) is 251 cm³/mol. The monoisotopic (exact) mass is 752 g/mol. The number of nitrogens with zero attached hydrogens (tertiary/aromatic N) is 2. The van der Waals surface area contributed by atoms with E-state index < -0.39 is 0 Å². The first-order chi connectivity index (χ1) is 28.7. The maximum Gasteiger partial charge on any atom is 0.0548 e. The molecule has 0 saturated carbocycles. The molecular weight excluding hydrogens is 701 g/mol. The Labute approximate surface area is 346 Å². The lowest BCUT2D eigenvalue weighted by molar-refractivity contribution is 0.703. The standard InChI is InChI=1S/C56H52N2/c1-3-19-51(4-2)57(39-17-8-7-10-20-43-29-30-44-21-15-16-23-48(44)40-43)52-35-31-45(32-36-52)46-33-37-54(38-34-46)58(53-27-13-9-14-28-53)56-42-49-26-18-25-47-22-11-5-6-12-24-50(56)41-55(47)49/h3-18,20,23,26-39,41-42,47,51H,1-2,19,21-22,24-25,40H2/b8-7+,11-5+,12-6-,20-10-,39-17+. The Balaban J connectivity index is 1.02. The minimum atomic E-state index is 0.0858. The minimum Gasteiger partial charge on any atom is -0.341 e. The van der Waals surface area contributed by atoms with E-state index in [1.54, 1.807) is 0 Å². The van der Waals surface area contributed by atoms with Crippen LogP contribution in [-0.2, 0) is 6.42 Å². The van der Waals surface area contributed by atoms with Crippen LogP contribution in [0.1, 0.15) is 54.7 Å². The van der Waals surface area contributed by atoms with Gasteiger partial charge in [0.05, 0.1) is 11.7 Å². The molecule has 0 aliphatic heterocycles. The second-order valence-electron chi connectivity index (χ2n) is 15.3. The fraction of sp³-hybridized carbons (Fsp3) is 0.143. The molecule has 0 saturated heterocycles. The Morgan fingerprint density at radius 1 is 0.655 bits per heavy atom. The van der Waals surface area contributed by atoms with Crippen LogP contribution in [0.3, 0.4) is 0 Å².